The van der Waals surface area contributed by atoms with Crippen LogP contribution in [0.5, 0.6) is 0 Å². The average molecular weight is 309 g/mol. The Balaban J connectivity index is 1.73. The predicted molar refractivity (Wildman–Crippen MR) is 98.0 cm³/mol. The van der Waals surface area contributed by atoms with Gasteiger partial charge >= 0.3 is 0 Å². The van der Waals surface area contributed by atoms with E-state index in [0.717, 1.165) is 39.1 Å². The van der Waals surface area contributed by atoms with Gasteiger partial charge in [-0.2, -0.15) is 0 Å². The second-order valence-corrected chi connectivity index (χ2v) is 6.25. The monoisotopic (exact) mass is 309 g/mol. The van der Waals surface area contributed by atoms with Crippen molar-refractivity contribution < 1.29 is 0 Å². The topological polar surface area (TPSA) is 18.5 Å². The Morgan fingerprint density at radius 3 is 2.22 bits per heavy atom. The summed E-state index contributed by atoms with van der Waals surface area (Å²) in [6, 6.07) is 22.0. The summed E-state index contributed by atoms with van der Waals surface area (Å²) in [6.45, 7) is 5.71. The molecule has 0 aromatic heterocycles. The highest BCUT2D eigenvalue weighted by molar-refractivity contribution is 5.47. The Morgan fingerprint density at radius 2 is 1.57 bits per heavy atom. The lowest BCUT2D eigenvalue weighted by molar-refractivity contribution is 0.232. The van der Waals surface area contributed by atoms with Gasteiger partial charge in [0, 0.05) is 45.5 Å². The lowest BCUT2D eigenvalue weighted by atomic mass is 10.0. The molecular weight excluding hydrogens is 282 g/mol. The van der Waals surface area contributed by atoms with Crippen molar-refractivity contribution in [1.82, 2.24) is 10.2 Å². The third-order valence-corrected chi connectivity index (χ3v) is 4.74. The van der Waals surface area contributed by atoms with Gasteiger partial charge in [-0.3, -0.25) is 0 Å². The summed E-state index contributed by atoms with van der Waals surface area (Å²) in [4.78, 5) is 4.99. The van der Waals surface area contributed by atoms with Gasteiger partial charge < -0.3 is 15.1 Å². The number of hydrogen-bond donors (Lipinski definition) is 1. The SMILES string of the molecule is CN(c1ccccc1)C(CCN1CCNCC1)c1ccccc1. The Morgan fingerprint density at radius 1 is 0.957 bits per heavy atom. The van der Waals surface area contributed by atoms with Crippen LogP contribution in [0.15, 0.2) is 60.7 Å². The second kappa shape index (κ2) is 8.14. The fraction of sp³-hybridized carbons (Fsp3) is 0.400. The first-order chi connectivity index (χ1) is 11.3. The second-order valence-electron chi connectivity index (χ2n) is 6.25. The van der Waals surface area contributed by atoms with Crippen molar-refractivity contribution in [3.8, 4) is 0 Å². The molecule has 0 aliphatic carbocycles. The summed E-state index contributed by atoms with van der Waals surface area (Å²) in [5, 5.41) is 3.43. The Hall–Kier alpha value is -1.84. The molecule has 23 heavy (non-hydrogen) atoms. The highest BCUT2D eigenvalue weighted by Crippen LogP contribution is 2.28. The number of benzene rings is 2. The van der Waals surface area contributed by atoms with Crippen LogP contribution in [-0.4, -0.2) is 44.7 Å². The van der Waals surface area contributed by atoms with Crippen molar-refractivity contribution in [1.29, 1.82) is 0 Å². The number of nitrogens with zero attached hydrogens (tertiary/aromatic N) is 2. The number of para-hydroxylation sites is 1. The van der Waals surface area contributed by atoms with Crippen LogP contribution in [-0.2, 0) is 0 Å². The number of piperazine rings is 1. The van der Waals surface area contributed by atoms with Crippen molar-refractivity contribution >= 4 is 5.69 Å². The maximum Gasteiger partial charge on any atom is 0.0551 e. The third-order valence-electron chi connectivity index (χ3n) is 4.74. The van der Waals surface area contributed by atoms with Gasteiger partial charge in [-0.15, -0.1) is 0 Å². The van der Waals surface area contributed by atoms with Crippen LogP contribution < -0.4 is 10.2 Å². The predicted octanol–water partition coefficient (Wildman–Crippen LogP) is 3.16. The molecule has 1 aliphatic rings. The first-order valence-electron chi connectivity index (χ1n) is 8.60. The van der Waals surface area contributed by atoms with Gasteiger partial charge in [-0.05, 0) is 24.1 Å². The largest absolute Gasteiger partial charge is 0.368 e. The van der Waals surface area contributed by atoms with Gasteiger partial charge in [0.1, 0.15) is 0 Å². The van der Waals surface area contributed by atoms with E-state index >= 15 is 0 Å². The highest BCUT2D eigenvalue weighted by atomic mass is 15.2. The quantitative estimate of drug-likeness (QED) is 0.884. The van der Waals surface area contributed by atoms with Crippen molar-refractivity contribution in [3.63, 3.8) is 0 Å². The molecule has 2 aromatic carbocycles. The number of hydrogen-bond acceptors (Lipinski definition) is 3. The number of rotatable bonds is 6. The van der Waals surface area contributed by atoms with Crippen molar-refractivity contribution in [2.45, 2.75) is 12.5 Å². The van der Waals surface area contributed by atoms with Crippen LogP contribution in [0.3, 0.4) is 0 Å². The molecule has 3 rings (SSSR count). The van der Waals surface area contributed by atoms with Crippen LogP contribution >= 0.6 is 0 Å². The Bertz CT molecular complexity index is 564. The van der Waals surface area contributed by atoms with E-state index < -0.39 is 0 Å². The molecule has 1 heterocycles. The minimum absolute atomic E-state index is 0.411. The van der Waals surface area contributed by atoms with Crippen LogP contribution in [0.2, 0.25) is 0 Å². The number of anilines is 1. The molecule has 0 amide bonds. The fourth-order valence-corrected chi connectivity index (χ4v) is 3.34. The standard InChI is InChI=1S/C20H27N3/c1-22(19-10-6-3-7-11-19)20(18-8-4-2-5-9-18)12-15-23-16-13-21-14-17-23/h2-11,20-21H,12-17H2,1H3. The molecule has 1 atom stereocenters. The summed E-state index contributed by atoms with van der Waals surface area (Å²) in [5.74, 6) is 0. The van der Waals surface area contributed by atoms with E-state index in [-0.39, 0.29) is 0 Å². The maximum absolute atomic E-state index is 3.43. The summed E-state index contributed by atoms with van der Waals surface area (Å²) >= 11 is 0. The van der Waals surface area contributed by atoms with E-state index in [1.54, 1.807) is 0 Å². The van der Waals surface area contributed by atoms with E-state index in [1.165, 1.54) is 11.3 Å². The minimum atomic E-state index is 0.411. The number of nitrogens with one attached hydrogen (secondary N) is 1. The van der Waals surface area contributed by atoms with E-state index in [0.29, 0.717) is 6.04 Å². The molecule has 2 aromatic rings. The van der Waals surface area contributed by atoms with Gasteiger partial charge in [-0.1, -0.05) is 48.5 Å². The van der Waals surface area contributed by atoms with Crippen LogP contribution in [0.1, 0.15) is 18.0 Å². The fourth-order valence-electron chi connectivity index (χ4n) is 3.34. The summed E-state index contributed by atoms with van der Waals surface area (Å²) in [6.07, 6.45) is 1.15. The Labute approximate surface area is 139 Å². The molecule has 3 heteroatoms. The molecule has 1 N–H and O–H groups in total. The Kier molecular flexibility index (Phi) is 5.67. The van der Waals surface area contributed by atoms with E-state index in [1.807, 2.05) is 0 Å². The molecule has 1 fully saturated rings. The normalized spacial score (nSPS) is 16.9. The summed E-state index contributed by atoms with van der Waals surface area (Å²) in [5.41, 5.74) is 2.68. The molecule has 0 saturated carbocycles. The minimum Gasteiger partial charge on any atom is -0.368 e. The first-order valence-corrected chi connectivity index (χ1v) is 8.60. The van der Waals surface area contributed by atoms with Crippen molar-refractivity contribution in [2.75, 3.05) is 44.7 Å². The maximum atomic E-state index is 3.43. The molecule has 1 saturated heterocycles. The molecular formula is C20H27N3. The van der Waals surface area contributed by atoms with E-state index in [9.17, 15) is 0 Å². The van der Waals surface area contributed by atoms with Gasteiger partial charge in [0.25, 0.3) is 0 Å². The lowest BCUT2D eigenvalue weighted by Crippen LogP contribution is -2.44. The molecule has 1 unspecified atom stereocenters. The molecule has 3 nitrogen and oxygen atoms in total. The van der Waals surface area contributed by atoms with Crippen molar-refractivity contribution in [3.05, 3.63) is 66.2 Å². The van der Waals surface area contributed by atoms with E-state index in [4.69, 9.17) is 0 Å². The van der Waals surface area contributed by atoms with Gasteiger partial charge in [0.2, 0.25) is 0 Å². The van der Waals surface area contributed by atoms with Crippen LogP contribution in [0, 0.1) is 0 Å². The zero-order valence-electron chi connectivity index (χ0n) is 14.0. The van der Waals surface area contributed by atoms with E-state index in [2.05, 4.69) is 82.8 Å². The molecule has 122 valence electrons. The lowest BCUT2D eigenvalue weighted by Gasteiger charge is -2.34. The van der Waals surface area contributed by atoms with Crippen LogP contribution in [0.4, 0.5) is 5.69 Å². The summed E-state index contributed by atoms with van der Waals surface area (Å²) < 4.78 is 0. The molecule has 0 spiro atoms. The van der Waals surface area contributed by atoms with Gasteiger partial charge in [0.15, 0.2) is 0 Å². The van der Waals surface area contributed by atoms with Gasteiger partial charge in [0.05, 0.1) is 6.04 Å². The first kappa shape index (κ1) is 16.0. The van der Waals surface area contributed by atoms with Gasteiger partial charge in [-0.25, -0.2) is 0 Å². The van der Waals surface area contributed by atoms with Crippen LogP contribution in [0.25, 0.3) is 0 Å². The molecule has 0 bridgehead atoms. The summed E-state index contributed by atoms with van der Waals surface area (Å²) in [7, 11) is 2.21. The zero-order valence-corrected chi connectivity index (χ0v) is 14.0. The smallest absolute Gasteiger partial charge is 0.0551 e. The molecule has 1 aliphatic heterocycles. The molecule has 0 radical (unpaired) electrons. The highest BCUT2D eigenvalue weighted by Gasteiger charge is 2.19. The van der Waals surface area contributed by atoms with Crippen molar-refractivity contribution in [2.24, 2.45) is 0 Å². The zero-order chi connectivity index (χ0) is 15.9. The third kappa shape index (κ3) is 4.34. The average Bonchev–Trinajstić information content (AvgIpc) is 2.64.